The second-order valence-corrected chi connectivity index (χ2v) is 7.65. The molecule has 0 bridgehead atoms. The monoisotopic (exact) mass is 434 g/mol. The van der Waals surface area contributed by atoms with Crippen molar-refractivity contribution in [3.05, 3.63) is 76.6 Å². The van der Waals surface area contributed by atoms with E-state index in [4.69, 9.17) is 4.74 Å². The number of aryl methyl sites for hydroxylation is 1. The molecule has 160 valence electrons. The van der Waals surface area contributed by atoms with E-state index in [2.05, 4.69) is 15.0 Å². The minimum atomic E-state index is -0.470. The Bertz CT molecular complexity index is 1590. The molecule has 5 aromatic rings. The zero-order valence-corrected chi connectivity index (χ0v) is 16.9. The number of nitrogens with zero attached hydrogens (tertiary/aromatic N) is 6. The molecular weight excluding hydrogens is 418 g/mol. The molecule has 0 saturated carbocycles. The first-order valence-electron chi connectivity index (χ1n) is 10.0. The summed E-state index contributed by atoms with van der Waals surface area (Å²) in [5.74, 6) is -0.477. The molecule has 0 amide bonds. The Kier molecular flexibility index (Phi) is 3.91. The SMILES string of the molecule is Cn1c(=O)n([C@@H]2CCOc3c(F)cccc32)c2nc(-n3cnc4ccc(F)cc43)ncc21. The molecule has 6 rings (SSSR count). The standard InChI is InChI=1S/C22H16F2N6O2/c1-28-18-10-25-21(29-11-26-15-6-5-12(23)9-17(15)29)27-20(18)30(22(28)31)16-7-8-32-19-13(16)3-2-4-14(19)24/h2-6,9-11,16H,7-8H2,1H3/t16-/m1/s1. The van der Waals surface area contributed by atoms with E-state index >= 15 is 0 Å². The van der Waals surface area contributed by atoms with Gasteiger partial charge in [-0.25, -0.2) is 23.5 Å². The van der Waals surface area contributed by atoms with Crippen LogP contribution in [0.1, 0.15) is 18.0 Å². The van der Waals surface area contributed by atoms with E-state index in [-0.39, 0.29) is 24.0 Å². The van der Waals surface area contributed by atoms with Gasteiger partial charge in [-0.05, 0) is 18.2 Å². The van der Waals surface area contributed by atoms with Crippen LogP contribution in [0, 0.1) is 11.6 Å². The Balaban J connectivity index is 1.59. The molecule has 10 heteroatoms. The lowest BCUT2D eigenvalue weighted by Gasteiger charge is -2.26. The Morgan fingerprint density at radius 1 is 1.12 bits per heavy atom. The highest BCUT2D eigenvalue weighted by Gasteiger charge is 2.29. The third-order valence-corrected chi connectivity index (χ3v) is 5.85. The first kappa shape index (κ1) is 18.7. The van der Waals surface area contributed by atoms with E-state index in [9.17, 15) is 13.6 Å². The lowest BCUT2D eigenvalue weighted by atomic mass is 10.00. The van der Waals surface area contributed by atoms with Gasteiger partial charge in [-0.1, -0.05) is 12.1 Å². The van der Waals surface area contributed by atoms with Gasteiger partial charge in [-0.3, -0.25) is 13.7 Å². The number of halogens is 2. The smallest absolute Gasteiger partial charge is 0.330 e. The zero-order valence-electron chi connectivity index (χ0n) is 16.9. The van der Waals surface area contributed by atoms with Crippen LogP contribution in [0.2, 0.25) is 0 Å². The van der Waals surface area contributed by atoms with Crippen molar-refractivity contribution in [3.63, 3.8) is 0 Å². The second kappa shape index (κ2) is 6.71. The molecule has 32 heavy (non-hydrogen) atoms. The Labute approximate surface area is 179 Å². The van der Waals surface area contributed by atoms with Crippen molar-refractivity contribution in [1.29, 1.82) is 0 Å². The summed E-state index contributed by atoms with van der Waals surface area (Å²) in [7, 11) is 1.64. The highest BCUT2D eigenvalue weighted by atomic mass is 19.1. The lowest BCUT2D eigenvalue weighted by Crippen LogP contribution is -2.30. The Hall–Kier alpha value is -4.08. The van der Waals surface area contributed by atoms with Gasteiger partial charge in [0.2, 0.25) is 5.95 Å². The zero-order chi connectivity index (χ0) is 22.0. The number of rotatable bonds is 2. The van der Waals surface area contributed by atoms with Crippen LogP contribution in [0.25, 0.3) is 28.1 Å². The van der Waals surface area contributed by atoms with Gasteiger partial charge < -0.3 is 4.74 Å². The third-order valence-electron chi connectivity index (χ3n) is 5.85. The van der Waals surface area contributed by atoms with Gasteiger partial charge >= 0.3 is 5.69 Å². The molecule has 1 atom stereocenters. The molecule has 0 aliphatic carbocycles. The summed E-state index contributed by atoms with van der Waals surface area (Å²) in [5.41, 5.74) is 2.31. The summed E-state index contributed by atoms with van der Waals surface area (Å²) in [6, 6.07) is 8.49. The topological polar surface area (TPSA) is 79.8 Å². The maximum atomic E-state index is 14.3. The van der Waals surface area contributed by atoms with Gasteiger partial charge in [0, 0.05) is 25.1 Å². The predicted molar refractivity (Wildman–Crippen MR) is 112 cm³/mol. The molecule has 1 aliphatic rings. The fourth-order valence-electron chi connectivity index (χ4n) is 4.30. The number of ether oxygens (including phenoxy) is 1. The molecule has 4 heterocycles. The van der Waals surface area contributed by atoms with Crippen LogP contribution in [0.15, 0.2) is 53.7 Å². The van der Waals surface area contributed by atoms with Crippen molar-refractivity contribution in [2.24, 2.45) is 7.05 Å². The van der Waals surface area contributed by atoms with Crippen molar-refractivity contribution in [2.75, 3.05) is 6.61 Å². The summed E-state index contributed by atoms with van der Waals surface area (Å²) in [6.07, 6.45) is 3.54. The molecule has 3 aromatic heterocycles. The summed E-state index contributed by atoms with van der Waals surface area (Å²) >= 11 is 0. The van der Waals surface area contributed by atoms with Crippen molar-refractivity contribution >= 4 is 22.2 Å². The molecule has 0 N–H and O–H groups in total. The molecular formula is C22H16F2N6O2. The number of aromatic nitrogens is 6. The molecule has 1 aliphatic heterocycles. The summed E-state index contributed by atoms with van der Waals surface area (Å²) in [4.78, 5) is 26.5. The molecule has 0 unspecified atom stereocenters. The fraction of sp³-hybridized carbons (Fsp3) is 0.182. The number of benzene rings is 2. The van der Waals surface area contributed by atoms with Gasteiger partial charge in [0.15, 0.2) is 17.2 Å². The Morgan fingerprint density at radius 3 is 2.88 bits per heavy atom. The Morgan fingerprint density at radius 2 is 2.00 bits per heavy atom. The number of hydrogen-bond acceptors (Lipinski definition) is 5. The first-order chi connectivity index (χ1) is 15.5. The lowest BCUT2D eigenvalue weighted by molar-refractivity contribution is 0.243. The molecule has 2 aromatic carbocycles. The van der Waals surface area contributed by atoms with Crippen LogP contribution in [0.5, 0.6) is 5.75 Å². The first-order valence-corrected chi connectivity index (χ1v) is 10.0. The minimum absolute atomic E-state index is 0.151. The third kappa shape index (κ3) is 2.58. The molecule has 0 radical (unpaired) electrons. The highest BCUT2D eigenvalue weighted by Crippen LogP contribution is 2.37. The average Bonchev–Trinajstić information content (AvgIpc) is 3.32. The quantitative estimate of drug-likeness (QED) is 0.427. The van der Waals surface area contributed by atoms with Crippen LogP contribution in [-0.2, 0) is 7.05 Å². The summed E-state index contributed by atoms with van der Waals surface area (Å²) in [6.45, 7) is 0.269. The van der Waals surface area contributed by atoms with Crippen LogP contribution < -0.4 is 10.4 Å². The fourth-order valence-corrected chi connectivity index (χ4v) is 4.30. The van der Waals surface area contributed by atoms with Crippen molar-refractivity contribution in [2.45, 2.75) is 12.5 Å². The van der Waals surface area contributed by atoms with Gasteiger partial charge in [-0.15, -0.1) is 0 Å². The molecule has 8 nitrogen and oxygen atoms in total. The van der Waals surface area contributed by atoms with Gasteiger partial charge in [0.1, 0.15) is 17.7 Å². The van der Waals surface area contributed by atoms with Gasteiger partial charge in [0.25, 0.3) is 0 Å². The van der Waals surface area contributed by atoms with Crippen molar-refractivity contribution < 1.29 is 13.5 Å². The normalized spacial score (nSPS) is 15.8. The largest absolute Gasteiger partial charge is 0.490 e. The van der Waals surface area contributed by atoms with E-state index in [1.54, 1.807) is 40.6 Å². The molecule has 0 saturated heterocycles. The predicted octanol–water partition coefficient (Wildman–Crippen LogP) is 3.12. The van der Waals surface area contributed by atoms with Crippen LogP contribution in [0.3, 0.4) is 0 Å². The number of fused-ring (bicyclic) bond motifs is 3. The maximum Gasteiger partial charge on any atom is 0.330 e. The van der Waals surface area contributed by atoms with Crippen LogP contribution >= 0.6 is 0 Å². The highest BCUT2D eigenvalue weighted by molar-refractivity contribution is 5.77. The molecule has 0 spiro atoms. The van der Waals surface area contributed by atoms with Gasteiger partial charge in [-0.2, -0.15) is 4.98 Å². The van der Waals surface area contributed by atoms with E-state index in [1.165, 1.54) is 29.1 Å². The van der Waals surface area contributed by atoms with Crippen LogP contribution in [-0.4, -0.2) is 35.3 Å². The van der Waals surface area contributed by atoms with E-state index in [0.717, 1.165) is 0 Å². The minimum Gasteiger partial charge on any atom is -0.490 e. The van der Waals surface area contributed by atoms with Gasteiger partial charge in [0.05, 0.1) is 29.9 Å². The number of imidazole rings is 2. The average molecular weight is 434 g/mol. The number of hydrogen-bond donors (Lipinski definition) is 0. The summed E-state index contributed by atoms with van der Waals surface area (Å²) in [5, 5.41) is 0. The van der Waals surface area contributed by atoms with Crippen molar-refractivity contribution in [3.8, 4) is 11.7 Å². The van der Waals surface area contributed by atoms with E-state index < -0.39 is 17.7 Å². The van der Waals surface area contributed by atoms with Crippen molar-refractivity contribution in [1.82, 2.24) is 28.7 Å². The maximum absolute atomic E-state index is 14.3. The second-order valence-electron chi connectivity index (χ2n) is 7.65. The summed E-state index contributed by atoms with van der Waals surface area (Å²) < 4.78 is 38.2. The van der Waals surface area contributed by atoms with E-state index in [0.29, 0.717) is 34.2 Å². The van der Waals surface area contributed by atoms with E-state index in [1.807, 2.05) is 0 Å². The number of para-hydroxylation sites is 1. The molecule has 0 fully saturated rings. The van der Waals surface area contributed by atoms with Crippen LogP contribution in [0.4, 0.5) is 8.78 Å².